The van der Waals surface area contributed by atoms with Crippen LogP contribution in [0.3, 0.4) is 0 Å². The van der Waals surface area contributed by atoms with Crippen LogP contribution in [0.5, 0.6) is 5.75 Å². The summed E-state index contributed by atoms with van der Waals surface area (Å²) < 4.78 is 5.69. The van der Waals surface area contributed by atoms with Gasteiger partial charge >= 0.3 is 0 Å². The van der Waals surface area contributed by atoms with E-state index in [1.807, 2.05) is 31.2 Å². The Morgan fingerprint density at radius 2 is 1.55 bits per heavy atom. The second-order valence-electron chi connectivity index (χ2n) is 8.67. The Kier molecular flexibility index (Phi) is 7.02. The van der Waals surface area contributed by atoms with Crippen LogP contribution in [0.1, 0.15) is 37.8 Å². The van der Waals surface area contributed by atoms with Crippen molar-refractivity contribution >= 4 is 23.1 Å². The van der Waals surface area contributed by atoms with E-state index >= 15 is 0 Å². The molecular formula is C27H33N3O3. The van der Waals surface area contributed by atoms with Gasteiger partial charge in [-0.05, 0) is 55.2 Å². The second-order valence-corrected chi connectivity index (χ2v) is 8.67. The molecule has 4 rings (SSSR count). The number of rotatable bonds is 8. The van der Waals surface area contributed by atoms with Crippen LogP contribution in [0.2, 0.25) is 0 Å². The number of hydrogen-bond donors (Lipinski definition) is 0. The Balaban J connectivity index is 1.60. The van der Waals surface area contributed by atoms with E-state index in [1.54, 1.807) is 0 Å². The number of aryl methyl sites for hydroxylation is 1. The second kappa shape index (κ2) is 10.1. The zero-order valence-corrected chi connectivity index (χ0v) is 19.8. The van der Waals surface area contributed by atoms with Gasteiger partial charge in [0, 0.05) is 38.4 Å². The summed E-state index contributed by atoms with van der Waals surface area (Å²) in [5.41, 5.74) is 4.26. The van der Waals surface area contributed by atoms with Gasteiger partial charge in [0.15, 0.2) is 0 Å². The Bertz CT molecular complexity index is 1040. The molecule has 0 radical (unpaired) electrons. The predicted molar refractivity (Wildman–Crippen MR) is 131 cm³/mol. The van der Waals surface area contributed by atoms with Crippen LogP contribution >= 0.6 is 0 Å². The fraction of sp³-hybridized carbons (Fsp3) is 0.407. The summed E-state index contributed by atoms with van der Waals surface area (Å²) in [5, 5.41) is 0. The van der Waals surface area contributed by atoms with Crippen LogP contribution in [-0.4, -0.2) is 60.9 Å². The number of imide groups is 1. The first-order chi connectivity index (χ1) is 16.0. The summed E-state index contributed by atoms with van der Waals surface area (Å²) in [6.07, 6.45) is 1.67. The number of benzene rings is 2. The monoisotopic (exact) mass is 447 g/mol. The number of anilines is 1. The maximum Gasteiger partial charge on any atom is 0.277 e. The number of amides is 2. The maximum atomic E-state index is 13.4. The first-order valence-electron chi connectivity index (χ1n) is 11.9. The van der Waals surface area contributed by atoms with Crippen LogP contribution in [-0.2, 0) is 9.59 Å². The number of hydrogen-bond acceptors (Lipinski definition) is 5. The summed E-state index contributed by atoms with van der Waals surface area (Å²) in [6, 6.07) is 16.0. The van der Waals surface area contributed by atoms with E-state index < -0.39 is 0 Å². The fourth-order valence-corrected chi connectivity index (χ4v) is 4.49. The average molecular weight is 448 g/mol. The number of piperazine rings is 1. The quantitative estimate of drug-likeness (QED) is 0.571. The molecule has 33 heavy (non-hydrogen) atoms. The molecule has 2 heterocycles. The van der Waals surface area contributed by atoms with E-state index in [1.165, 1.54) is 16.2 Å². The Morgan fingerprint density at radius 3 is 2.18 bits per heavy atom. The largest absolute Gasteiger partial charge is 0.494 e. The highest BCUT2D eigenvalue weighted by Crippen LogP contribution is 2.33. The van der Waals surface area contributed by atoms with Gasteiger partial charge in [-0.2, -0.15) is 0 Å². The van der Waals surface area contributed by atoms with Gasteiger partial charge in [-0.1, -0.05) is 38.1 Å². The smallest absolute Gasteiger partial charge is 0.277 e. The Hall–Kier alpha value is -3.28. The summed E-state index contributed by atoms with van der Waals surface area (Å²) in [5.74, 6) is 0.407. The predicted octanol–water partition coefficient (Wildman–Crippen LogP) is 4.10. The number of carbonyl (C=O) groups is 2. The van der Waals surface area contributed by atoms with Crippen molar-refractivity contribution in [3.05, 3.63) is 65.4 Å². The topological polar surface area (TPSA) is 53.1 Å². The molecule has 0 N–H and O–H groups in total. The third-order valence-electron chi connectivity index (χ3n) is 6.17. The Morgan fingerprint density at radius 1 is 0.848 bits per heavy atom. The van der Waals surface area contributed by atoms with Crippen molar-refractivity contribution in [3.63, 3.8) is 0 Å². The molecule has 2 amide bonds. The van der Waals surface area contributed by atoms with E-state index in [9.17, 15) is 9.59 Å². The normalized spacial score (nSPS) is 16.8. The molecule has 6 heteroatoms. The lowest BCUT2D eigenvalue weighted by atomic mass is 10.0. The molecule has 0 atom stereocenters. The van der Waals surface area contributed by atoms with Crippen molar-refractivity contribution < 1.29 is 14.3 Å². The van der Waals surface area contributed by atoms with E-state index in [0.717, 1.165) is 37.2 Å². The molecule has 1 fully saturated rings. The van der Waals surface area contributed by atoms with E-state index in [-0.39, 0.29) is 11.8 Å². The van der Waals surface area contributed by atoms with Crippen LogP contribution in [0, 0.1) is 6.92 Å². The highest BCUT2D eigenvalue weighted by atomic mass is 16.5. The minimum absolute atomic E-state index is 0.174. The molecule has 6 nitrogen and oxygen atoms in total. The molecule has 0 unspecified atom stereocenters. The van der Waals surface area contributed by atoms with E-state index in [0.29, 0.717) is 37.5 Å². The standard InChI is InChI=1S/C27H33N3O3/c1-4-13-30-26(31)24(21-9-11-23(12-10-21)33-18-5-2)25(27(30)32)29-16-14-28(15-17-29)22-8-6-7-20(3)19-22/h6-12,19H,4-5,13-18H2,1-3H3. The summed E-state index contributed by atoms with van der Waals surface area (Å²) >= 11 is 0. The van der Waals surface area contributed by atoms with Crippen molar-refractivity contribution in [2.75, 3.05) is 44.2 Å². The lowest BCUT2D eigenvalue weighted by molar-refractivity contribution is -0.137. The third kappa shape index (κ3) is 4.75. The van der Waals surface area contributed by atoms with Crippen LogP contribution in [0.25, 0.3) is 5.57 Å². The zero-order chi connectivity index (χ0) is 23.4. The van der Waals surface area contributed by atoms with Gasteiger partial charge in [-0.25, -0.2) is 0 Å². The van der Waals surface area contributed by atoms with Crippen molar-refractivity contribution in [2.24, 2.45) is 0 Å². The molecule has 2 aliphatic heterocycles. The van der Waals surface area contributed by atoms with Crippen LogP contribution in [0.4, 0.5) is 5.69 Å². The molecular weight excluding hydrogens is 414 g/mol. The fourth-order valence-electron chi connectivity index (χ4n) is 4.49. The SMILES string of the molecule is CCCOc1ccc(C2=C(N3CCN(c4cccc(C)c4)CC3)C(=O)N(CCC)C2=O)cc1. The van der Waals surface area contributed by atoms with E-state index in [2.05, 4.69) is 47.9 Å². The van der Waals surface area contributed by atoms with Gasteiger partial charge in [0.05, 0.1) is 12.2 Å². The van der Waals surface area contributed by atoms with Gasteiger partial charge in [0.25, 0.3) is 11.8 Å². The van der Waals surface area contributed by atoms with Gasteiger partial charge < -0.3 is 14.5 Å². The van der Waals surface area contributed by atoms with Gasteiger partial charge in [-0.3, -0.25) is 14.5 Å². The van der Waals surface area contributed by atoms with Crippen LogP contribution in [0.15, 0.2) is 54.2 Å². The first-order valence-corrected chi connectivity index (χ1v) is 11.9. The molecule has 0 saturated carbocycles. The lowest BCUT2D eigenvalue weighted by Crippen LogP contribution is -2.47. The Labute approximate surface area is 196 Å². The van der Waals surface area contributed by atoms with Crippen molar-refractivity contribution in [2.45, 2.75) is 33.6 Å². The van der Waals surface area contributed by atoms with Crippen molar-refractivity contribution in [1.29, 1.82) is 0 Å². The van der Waals surface area contributed by atoms with Crippen molar-refractivity contribution in [3.8, 4) is 5.75 Å². The number of carbonyl (C=O) groups excluding carboxylic acids is 2. The molecule has 2 aliphatic rings. The highest BCUT2D eigenvalue weighted by molar-refractivity contribution is 6.35. The zero-order valence-electron chi connectivity index (χ0n) is 19.8. The van der Waals surface area contributed by atoms with Gasteiger partial charge in [0.1, 0.15) is 11.4 Å². The van der Waals surface area contributed by atoms with Crippen LogP contribution < -0.4 is 9.64 Å². The minimum atomic E-state index is -0.194. The molecule has 0 spiro atoms. The summed E-state index contributed by atoms with van der Waals surface area (Å²) in [4.78, 5) is 32.5. The average Bonchev–Trinajstić information content (AvgIpc) is 3.08. The number of nitrogens with zero attached hydrogens (tertiary/aromatic N) is 3. The molecule has 2 aromatic rings. The van der Waals surface area contributed by atoms with Crippen molar-refractivity contribution in [1.82, 2.24) is 9.80 Å². The lowest BCUT2D eigenvalue weighted by Gasteiger charge is -2.37. The molecule has 2 aromatic carbocycles. The molecule has 0 bridgehead atoms. The molecule has 1 saturated heterocycles. The molecule has 0 aliphatic carbocycles. The maximum absolute atomic E-state index is 13.4. The molecule has 174 valence electrons. The minimum Gasteiger partial charge on any atom is -0.494 e. The van der Waals surface area contributed by atoms with Gasteiger partial charge in [0.2, 0.25) is 0 Å². The molecule has 0 aromatic heterocycles. The summed E-state index contributed by atoms with van der Waals surface area (Å²) in [7, 11) is 0. The number of ether oxygens (including phenoxy) is 1. The first kappa shape index (κ1) is 22.9. The highest BCUT2D eigenvalue weighted by Gasteiger charge is 2.41. The van der Waals surface area contributed by atoms with Gasteiger partial charge in [-0.15, -0.1) is 0 Å². The van der Waals surface area contributed by atoms with E-state index in [4.69, 9.17) is 4.74 Å². The third-order valence-corrected chi connectivity index (χ3v) is 6.17. The summed E-state index contributed by atoms with van der Waals surface area (Å²) in [6.45, 7) is 10.2.